The molecule has 0 amide bonds. The summed E-state index contributed by atoms with van der Waals surface area (Å²) in [5.41, 5.74) is 0. The fourth-order valence-electron chi connectivity index (χ4n) is 1.91. The second-order valence-corrected chi connectivity index (χ2v) is 4.29. The molecule has 5 heteroatoms. The van der Waals surface area contributed by atoms with Crippen LogP contribution in [-0.2, 0) is 4.74 Å². The van der Waals surface area contributed by atoms with Gasteiger partial charge in [-0.2, -0.15) is 13.2 Å². The van der Waals surface area contributed by atoms with Gasteiger partial charge in [0, 0.05) is 19.3 Å². The van der Waals surface area contributed by atoms with Gasteiger partial charge in [0.2, 0.25) is 0 Å². The molecule has 0 saturated carbocycles. The van der Waals surface area contributed by atoms with E-state index >= 15 is 0 Å². The number of ether oxygens (including phenoxy) is 1. The summed E-state index contributed by atoms with van der Waals surface area (Å²) in [6, 6.07) is -1.54. The van der Waals surface area contributed by atoms with Gasteiger partial charge >= 0.3 is 6.18 Å². The van der Waals surface area contributed by atoms with Crippen molar-refractivity contribution in [2.24, 2.45) is 5.92 Å². The third-order valence-corrected chi connectivity index (χ3v) is 2.60. The molecule has 0 spiro atoms. The zero-order valence-corrected chi connectivity index (χ0v) is 9.10. The molecule has 1 atom stereocenters. The molecule has 90 valence electrons. The Morgan fingerprint density at radius 1 is 1.20 bits per heavy atom. The summed E-state index contributed by atoms with van der Waals surface area (Å²) < 4.78 is 43.4. The molecule has 0 aromatic heterocycles. The minimum absolute atomic E-state index is 0.153. The zero-order valence-electron chi connectivity index (χ0n) is 9.10. The van der Waals surface area contributed by atoms with Crippen LogP contribution in [0.25, 0.3) is 0 Å². The van der Waals surface area contributed by atoms with E-state index in [-0.39, 0.29) is 12.0 Å². The molecular weight excluding hydrogens is 207 g/mol. The standard InChI is InChI=1S/C10H18F3NO/c1-7(2)14-9(10(11,12)13)8-3-5-15-6-4-8/h7-9,14H,3-6H2,1-2H3/t9-/m1/s1. The van der Waals surface area contributed by atoms with Gasteiger partial charge in [-0.3, -0.25) is 0 Å². The molecule has 2 nitrogen and oxygen atoms in total. The molecule has 1 aliphatic rings. The fraction of sp³-hybridized carbons (Fsp3) is 1.00. The van der Waals surface area contributed by atoms with Crippen molar-refractivity contribution in [3.05, 3.63) is 0 Å². The normalized spacial score (nSPS) is 22.0. The molecule has 1 saturated heterocycles. The molecular formula is C10H18F3NO. The van der Waals surface area contributed by atoms with Crippen molar-refractivity contribution >= 4 is 0 Å². The van der Waals surface area contributed by atoms with Gasteiger partial charge < -0.3 is 10.1 Å². The number of rotatable bonds is 3. The van der Waals surface area contributed by atoms with Gasteiger partial charge in [-0.25, -0.2) is 0 Å². The van der Waals surface area contributed by atoms with Crippen LogP contribution in [0.1, 0.15) is 26.7 Å². The molecule has 0 aromatic rings. The van der Waals surface area contributed by atoms with Crippen LogP contribution in [0.2, 0.25) is 0 Å². The maximum atomic E-state index is 12.8. The minimum Gasteiger partial charge on any atom is -0.381 e. The molecule has 0 bridgehead atoms. The zero-order chi connectivity index (χ0) is 11.5. The van der Waals surface area contributed by atoms with Crippen LogP contribution in [0.3, 0.4) is 0 Å². The van der Waals surface area contributed by atoms with Gasteiger partial charge in [0.25, 0.3) is 0 Å². The lowest BCUT2D eigenvalue weighted by atomic mass is 9.91. The van der Waals surface area contributed by atoms with Crippen LogP contribution in [0.4, 0.5) is 13.2 Å². The largest absolute Gasteiger partial charge is 0.404 e. The molecule has 1 heterocycles. The summed E-state index contributed by atoms with van der Waals surface area (Å²) in [6.07, 6.45) is -3.18. The summed E-state index contributed by atoms with van der Waals surface area (Å²) in [4.78, 5) is 0. The van der Waals surface area contributed by atoms with Gasteiger partial charge in [0.1, 0.15) is 6.04 Å². The predicted molar refractivity (Wildman–Crippen MR) is 51.7 cm³/mol. The summed E-state index contributed by atoms with van der Waals surface area (Å²) >= 11 is 0. The quantitative estimate of drug-likeness (QED) is 0.796. The second-order valence-electron chi connectivity index (χ2n) is 4.29. The highest BCUT2D eigenvalue weighted by atomic mass is 19.4. The Morgan fingerprint density at radius 2 is 1.73 bits per heavy atom. The smallest absolute Gasteiger partial charge is 0.381 e. The second kappa shape index (κ2) is 5.16. The Bertz CT molecular complexity index is 188. The van der Waals surface area contributed by atoms with Crippen LogP contribution in [0, 0.1) is 5.92 Å². The summed E-state index contributed by atoms with van der Waals surface area (Å²) in [5.74, 6) is -0.346. The van der Waals surface area contributed by atoms with Crippen molar-refractivity contribution in [1.82, 2.24) is 5.32 Å². The lowest BCUT2D eigenvalue weighted by Gasteiger charge is -2.33. The van der Waals surface area contributed by atoms with E-state index in [0.717, 1.165) is 0 Å². The van der Waals surface area contributed by atoms with Crippen molar-refractivity contribution in [3.8, 4) is 0 Å². The monoisotopic (exact) mass is 225 g/mol. The highest BCUT2D eigenvalue weighted by Crippen LogP contribution is 2.31. The first kappa shape index (κ1) is 12.8. The number of nitrogens with one attached hydrogen (secondary N) is 1. The van der Waals surface area contributed by atoms with Crippen molar-refractivity contribution < 1.29 is 17.9 Å². The molecule has 1 N–H and O–H groups in total. The SMILES string of the molecule is CC(C)N[C@H](C1CCOCC1)C(F)(F)F. The van der Waals surface area contributed by atoms with E-state index in [4.69, 9.17) is 4.74 Å². The van der Waals surface area contributed by atoms with Crippen LogP contribution in [0.5, 0.6) is 0 Å². The van der Waals surface area contributed by atoms with E-state index in [9.17, 15) is 13.2 Å². The molecule has 1 aliphatic heterocycles. The number of halogens is 3. The van der Waals surface area contributed by atoms with Crippen molar-refractivity contribution in [1.29, 1.82) is 0 Å². The fourth-order valence-corrected chi connectivity index (χ4v) is 1.91. The predicted octanol–water partition coefficient (Wildman–Crippen LogP) is 2.34. The maximum absolute atomic E-state index is 12.8. The molecule has 0 unspecified atom stereocenters. The van der Waals surface area contributed by atoms with E-state index in [2.05, 4.69) is 5.32 Å². The van der Waals surface area contributed by atoms with Crippen molar-refractivity contribution in [2.75, 3.05) is 13.2 Å². The first-order chi connectivity index (χ1) is 6.91. The van der Waals surface area contributed by atoms with Gasteiger partial charge in [-0.1, -0.05) is 13.8 Å². The first-order valence-electron chi connectivity index (χ1n) is 5.31. The molecule has 0 aromatic carbocycles. The number of alkyl halides is 3. The Morgan fingerprint density at radius 3 is 2.13 bits per heavy atom. The van der Waals surface area contributed by atoms with Gasteiger partial charge in [-0.05, 0) is 18.8 Å². The Balaban J connectivity index is 2.61. The molecule has 1 rings (SSSR count). The maximum Gasteiger partial charge on any atom is 0.404 e. The van der Waals surface area contributed by atoms with Crippen LogP contribution >= 0.6 is 0 Å². The molecule has 15 heavy (non-hydrogen) atoms. The van der Waals surface area contributed by atoms with E-state index in [0.29, 0.717) is 26.1 Å². The average Bonchev–Trinajstić information content (AvgIpc) is 2.14. The topological polar surface area (TPSA) is 21.3 Å². The molecule has 0 aliphatic carbocycles. The van der Waals surface area contributed by atoms with Crippen LogP contribution < -0.4 is 5.32 Å². The Labute approximate surface area is 88.2 Å². The third kappa shape index (κ3) is 3.99. The summed E-state index contributed by atoms with van der Waals surface area (Å²) in [6.45, 7) is 4.35. The summed E-state index contributed by atoms with van der Waals surface area (Å²) in [5, 5.41) is 2.61. The van der Waals surface area contributed by atoms with E-state index in [1.165, 1.54) is 0 Å². The van der Waals surface area contributed by atoms with Gasteiger partial charge in [0.05, 0.1) is 0 Å². The van der Waals surface area contributed by atoms with Crippen LogP contribution in [-0.4, -0.2) is 31.5 Å². The highest BCUT2D eigenvalue weighted by Gasteiger charge is 2.44. The lowest BCUT2D eigenvalue weighted by Crippen LogP contribution is -2.51. The molecule has 0 radical (unpaired) electrons. The summed E-state index contributed by atoms with van der Waals surface area (Å²) in [7, 11) is 0. The minimum atomic E-state index is -4.16. The van der Waals surface area contributed by atoms with E-state index in [1.807, 2.05) is 0 Å². The first-order valence-corrected chi connectivity index (χ1v) is 5.31. The number of hydrogen-bond acceptors (Lipinski definition) is 2. The van der Waals surface area contributed by atoms with Crippen molar-refractivity contribution in [2.45, 2.75) is 44.9 Å². The van der Waals surface area contributed by atoms with Crippen LogP contribution in [0.15, 0.2) is 0 Å². The number of hydrogen-bond donors (Lipinski definition) is 1. The highest BCUT2D eigenvalue weighted by molar-refractivity contribution is 4.85. The van der Waals surface area contributed by atoms with Gasteiger partial charge in [0.15, 0.2) is 0 Å². The van der Waals surface area contributed by atoms with E-state index in [1.54, 1.807) is 13.8 Å². The third-order valence-electron chi connectivity index (χ3n) is 2.60. The Hall–Kier alpha value is -0.290. The van der Waals surface area contributed by atoms with Crippen molar-refractivity contribution in [3.63, 3.8) is 0 Å². The average molecular weight is 225 g/mol. The lowest BCUT2D eigenvalue weighted by molar-refractivity contribution is -0.175. The molecule has 1 fully saturated rings. The van der Waals surface area contributed by atoms with E-state index < -0.39 is 12.2 Å². The van der Waals surface area contributed by atoms with Gasteiger partial charge in [-0.15, -0.1) is 0 Å². The Kier molecular flexibility index (Phi) is 4.40.